The van der Waals surface area contributed by atoms with Gasteiger partial charge in [-0.2, -0.15) is 0 Å². The number of anilines is 1. The molecule has 0 atom stereocenters. The van der Waals surface area contributed by atoms with E-state index in [0.717, 1.165) is 65.6 Å². The van der Waals surface area contributed by atoms with Crippen LogP contribution in [0.2, 0.25) is 0 Å². The van der Waals surface area contributed by atoms with E-state index in [1.165, 1.54) is 36.9 Å². The Morgan fingerprint density at radius 2 is 2.00 bits per heavy atom. The maximum Gasteiger partial charge on any atom is 0.255 e. The highest BCUT2D eigenvalue weighted by atomic mass is 32.1. The van der Waals surface area contributed by atoms with Crippen LogP contribution < -0.4 is 5.32 Å². The van der Waals surface area contributed by atoms with Gasteiger partial charge in [0.15, 0.2) is 5.82 Å². The Labute approximate surface area is 185 Å². The topological polar surface area (TPSA) is 61.4 Å². The van der Waals surface area contributed by atoms with E-state index in [0.29, 0.717) is 17.7 Å². The smallest absolute Gasteiger partial charge is 0.255 e. The summed E-state index contributed by atoms with van der Waals surface area (Å²) in [5.41, 5.74) is 1.76. The van der Waals surface area contributed by atoms with Crippen molar-refractivity contribution in [3.05, 3.63) is 28.0 Å². The van der Waals surface area contributed by atoms with E-state index in [1.54, 1.807) is 0 Å². The van der Waals surface area contributed by atoms with Gasteiger partial charge in [0.1, 0.15) is 5.69 Å². The Morgan fingerprint density at radius 1 is 1.26 bits per heavy atom. The summed E-state index contributed by atoms with van der Waals surface area (Å²) in [7, 11) is 1.88. The molecular formula is C23H28FN5OS. The van der Waals surface area contributed by atoms with Crippen LogP contribution in [0.3, 0.4) is 0 Å². The first-order valence-electron chi connectivity index (χ1n) is 11.4. The number of aromatic nitrogens is 2. The standard InChI is InChI=1S/C23H28FN5OS/c1-13-17-20(23(7-8-23)28(2)21(17)30)31-19(13)18-16(24)11-25-22(27-18)26-15-5-9-29(10-6-15)12-14-3-4-14/h11,14-15H,3-10,12H2,1-2H3,(H,25,26,27). The molecule has 2 aliphatic heterocycles. The number of carbonyl (C=O) groups is 1. The van der Waals surface area contributed by atoms with Gasteiger partial charge < -0.3 is 15.1 Å². The zero-order valence-electron chi connectivity index (χ0n) is 18.1. The van der Waals surface area contributed by atoms with Crippen LogP contribution in [0.5, 0.6) is 0 Å². The van der Waals surface area contributed by atoms with E-state index in [2.05, 4.69) is 20.2 Å². The average Bonchev–Trinajstić information content (AvgIpc) is 3.68. The Bertz CT molecular complexity index is 1050. The molecule has 2 saturated carbocycles. The van der Waals surface area contributed by atoms with Crippen molar-refractivity contribution in [3.8, 4) is 10.6 Å². The van der Waals surface area contributed by atoms with Crippen molar-refractivity contribution in [3.63, 3.8) is 0 Å². The quantitative estimate of drug-likeness (QED) is 0.760. The maximum atomic E-state index is 14.8. The minimum Gasteiger partial charge on any atom is -0.351 e. The molecule has 31 heavy (non-hydrogen) atoms. The molecule has 2 aliphatic carbocycles. The molecule has 164 valence electrons. The van der Waals surface area contributed by atoms with E-state index in [1.807, 2.05) is 18.9 Å². The molecule has 2 aromatic rings. The van der Waals surface area contributed by atoms with Gasteiger partial charge in [-0.05, 0) is 56.9 Å². The number of hydrogen-bond acceptors (Lipinski definition) is 6. The van der Waals surface area contributed by atoms with Gasteiger partial charge in [-0.15, -0.1) is 11.3 Å². The van der Waals surface area contributed by atoms with Crippen molar-refractivity contribution in [1.29, 1.82) is 0 Å². The van der Waals surface area contributed by atoms with E-state index in [-0.39, 0.29) is 11.4 Å². The number of piperidine rings is 1. The molecular weight excluding hydrogens is 413 g/mol. The Hall–Kier alpha value is -2.06. The molecule has 3 fully saturated rings. The molecule has 2 aromatic heterocycles. The molecule has 8 heteroatoms. The molecule has 6 rings (SSSR count). The van der Waals surface area contributed by atoms with Crippen LogP contribution in [0.15, 0.2) is 6.20 Å². The highest BCUT2D eigenvalue weighted by Crippen LogP contribution is 2.60. The number of fused-ring (bicyclic) bond motifs is 2. The molecule has 1 N–H and O–H groups in total. The second-order valence-electron chi connectivity index (χ2n) is 9.71. The fourth-order valence-electron chi connectivity index (χ4n) is 5.22. The molecule has 1 saturated heterocycles. The number of hydrogen-bond donors (Lipinski definition) is 1. The average molecular weight is 442 g/mol. The summed E-state index contributed by atoms with van der Waals surface area (Å²) in [6.07, 6.45) is 8.12. The lowest BCUT2D eigenvalue weighted by molar-refractivity contribution is 0.0755. The van der Waals surface area contributed by atoms with Crippen molar-refractivity contribution in [2.24, 2.45) is 5.92 Å². The number of halogens is 1. The van der Waals surface area contributed by atoms with E-state index in [4.69, 9.17) is 0 Å². The number of thiophene rings is 1. The number of nitrogens with zero attached hydrogens (tertiary/aromatic N) is 4. The van der Waals surface area contributed by atoms with Crippen molar-refractivity contribution >= 4 is 23.2 Å². The normalized spacial score (nSPS) is 22.9. The molecule has 0 aromatic carbocycles. The highest BCUT2D eigenvalue weighted by Gasteiger charge is 2.58. The summed E-state index contributed by atoms with van der Waals surface area (Å²) in [5, 5.41) is 3.43. The first-order valence-corrected chi connectivity index (χ1v) is 12.2. The molecule has 0 bridgehead atoms. The summed E-state index contributed by atoms with van der Waals surface area (Å²) in [6, 6.07) is 0.313. The van der Waals surface area contributed by atoms with Gasteiger partial charge in [-0.1, -0.05) is 0 Å². The summed E-state index contributed by atoms with van der Waals surface area (Å²) in [5.74, 6) is 1.02. The second-order valence-corrected chi connectivity index (χ2v) is 10.7. The summed E-state index contributed by atoms with van der Waals surface area (Å²) in [4.78, 5) is 27.9. The number of carbonyl (C=O) groups excluding carboxylic acids is 1. The van der Waals surface area contributed by atoms with Gasteiger partial charge in [-0.25, -0.2) is 14.4 Å². The van der Waals surface area contributed by atoms with Crippen LogP contribution in [0, 0.1) is 18.7 Å². The van der Waals surface area contributed by atoms with Crippen LogP contribution in [0.1, 0.15) is 59.3 Å². The fraction of sp³-hybridized carbons (Fsp3) is 0.609. The SMILES string of the molecule is Cc1c(-c2nc(NC3CCN(CC4CC4)CC3)ncc2F)sc2c1C(=O)N(C)C21CC1. The summed E-state index contributed by atoms with van der Waals surface area (Å²) < 4.78 is 14.8. The van der Waals surface area contributed by atoms with Gasteiger partial charge in [0.05, 0.1) is 22.2 Å². The molecule has 0 unspecified atom stereocenters. The van der Waals surface area contributed by atoms with Crippen LogP contribution in [0.25, 0.3) is 10.6 Å². The lowest BCUT2D eigenvalue weighted by Crippen LogP contribution is -2.40. The van der Waals surface area contributed by atoms with Gasteiger partial charge in [-0.3, -0.25) is 4.79 Å². The largest absolute Gasteiger partial charge is 0.351 e. The third kappa shape index (κ3) is 3.18. The monoisotopic (exact) mass is 441 g/mol. The van der Waals surface area contributed by atoms with Crippen molar-refractivity contribution in [1.82, 2.24) is 19.8 Å². The molecule has 1 spiro atoms. The summed E-state index contributed by atoms with van der Waals surface area (Å²) in [6.45, 7) is 5.34. The first kappa shape index (κ1) is 19.6. The van der Waals surface area contributed by atoms with Crippen LogP contribution in [-0.4, -0.2) is 58.4 Å². The molecule has 4 aliphatic rings. The van der Waals surface area contributed by atoms with Gasteiger partial charge in [0, 0.05) is 37.6 Å². The van der Waals surface area contributed by atoms with E-state index < -0.39 is 5.82 Å². The van der Waals surface area contributed by atoms with Crippen LogP contribution in [-0.2, 0) is 5.54 Å². The Kier molecular flexibility index (Phi) is 4.41. The summed E-state index contributed by atoms with van der Waals surface area (Å²) >= 11 is 1.53. The van der Waals surface area contributed by atoms with Gasteiger partial charge in [0.25, 0.3) is 5.91 Å². The predicted molar refractivity (Wildman–Crippen MR) is 119 cm³/mol. The molecule has 6 nitrogen and oxygen atoms in total. The van der Waals surface area contributed by atoms with Crippen molar-refractivity contribution in [2.45, 2.75) is 57.0 Å². The predicted octanol–water partition coefficient (Wildman–Crippen LogP) is 4.01. The van der Waals surface area contributed by atoms with E-state index >= 15 is 0 Å². The minimum absolute atomic E-state index is 0.0540. The lowest BCUT2D eigenvalue weighted by atomic mass is 10.0. The fourth-order valence-corrected chi connectivity index (χ4v) is 6.80. The van der Waals surface area contributed by atoms with Crippen molar-refractivity contribution in [2.75, 3.05) is 32.0 Å². The zero-order chi connectivity index (χ0) is 21.3. The van der Waals surface area contributed by atoms with Crippen molar-refractivity contribution < 1.29 is 9.18 Å². The van der Waals surface area contributed by atoms with Gasteiger partial charge >= 0.3 is 0 Å². The molecule has 1 amide bonds. The van der Waals surface area contributed by atoms with Crippen LogP contribution >= 0.6 is 11.3 Å². The van der Waals surface area contributed by atoms with Gasteiger partial charge in [0.2, 0.25) is 5.95 Å². The Morgan fingerprint density at radius 3 is 2.68 bits per heavy atom. The second kappa shape index (κ2) is 6.97. The highest BCUT2D eigenvalue weighted by molar-refractivity contribution is 7.16. The minimum atomic E-state index is -0.432. The molecule has 4 heterocycles. The lowest BCUT2D eigenvalue weighted by Gasteiger charge is -2.32. The third-order valence-corrected chi connectivity index (χ3v) is 9.04. The van der Waals surface area contributed by atoms with E-state index in [9.17, 15) is 9.18 Å². The molecule has 0 radical (unpaired) electrons. The number of nitrogens with one attached hydrogen (secondary N) is 1. The third-order valence-electron chi connectivity index (χ3n) is 7.55. The first-order chi connectivity index (χ1) is 15.0. The number of likely N-dealkylation sites (tertiary alicyclic amines) is 1. The Balaban J connectivity index is 1.23. The maximum absolute atomic E-state index is 14.8. The number of rotatable bonds is 5. The number of amides is 1. The zero-order valence-corrected chi connectivity index (χ0v) is 18.9. The van der Waals surface area contributed by atoms with Crippen LogP contribution in [0.4, 0.5) is 10.3 Å².